The SMILES string of the molecule is CCn1c(=O)n(CN2CCN(c3ccc([N+](=O)[O-])cc3)CC2)c2cc(S(=O)(=O)N(C)C)ccc21. The van der Waals surface area contributed by atoms with Crippen LogP contribution in [0.2, 0.25) is 0 Å². The first-order valence-electron chi connectivity index (χ1n) is 11.0. The fourth-order valence-electron chi connectivity index (χ4n) is 4.25. The number of hydrogen-bond donors (Lipinski definition) is 0. The lowest BCUT2D eigenvalue weighted by Gasteiger charge is -2.36. The zero-order valence-electron chi connectivity index (χ0n) is 19.4. The predicted molar refractivity (Wildman–Crippen MR) is 130 cm³/mol. The molecule has 0 radical (unpaired) electrons. The highest BCUT2D eigenvalue weighted by molar-refractivity contribution is 7.89. The fraction of sp³-hybridized carbons (Fsp3) is 0.409. The molecule has 0 spiro atoms. The maximum atomic E-state index is 13.1. The number of nitrogens with zero attached hydrogens (tertiary/aromatic N) is 6. The Morgan fingerprint density at radius 2 is 1.62 bits per heavy atom. The smallest absolute Gasteiger partial charge is 0.330 e. The second-order valence-electron chi connectivity index (χ2n) is 8.41. The van der Waals surface area contributed by atoms with Crippen LogP contribution in [-0.2, 0) is 23.2 Å². The van der Waals surface area contributed by atoms with Crippen LogP contribution in [0.25, 0.3) is 11.0 Å². The quantitative estimate of drug-likeness (QED) is 0.368. The van der Waals surface area contributed by atoms with Crippen LogP contribution in [0.4, 0.5) is 11.4 Å². The number of fused-ring (bicyclic) bond motifs is 1. The summed E-state index contributed by atoms with van der Waals surface area (Å²) in [4.78, 5) is 28.0. The Kier molecular flexibility index (Phi) is 6.47. The lowest BCUT2D eigenvalue weighted by Crippen LogP contribution is -2.47. The summed E-state index contributed by atoms with van der Waals surface area (Å²) in [6.45, 7) is 5.52. The molecule has 34 heavy (non-hydrogen) atoms. The van der Waals surface area contributed by atoms with Gasteiger partial charge in [0.15, 0.2) is 0 Å². The molecule has 0 atom stereocenters. The van der Waals surface area contributed by atoms with Crippen molar-refractivity contribution >= 4 is 32.4 Å². The number of nitro groups is 1. The number of aromatic nitrogens is 2. The topological polar surface area (TPSA) is 114 Å². The van der Waals surface area contributed by atoms with Crippen molar-refractivity contribution in [2.45, 2.75) is 25.0 Å². The Labute approximate surface area is 197 Å². The molecule has 2 heterocycles. The van der Waals surface area contributed by atoms with Crippen molar-refractivity contribution in [2.24, 2.45) is 0 Å². The number of non-ortho nitro benzene ring substituents is 1. The van der Waals surface area contributed by atoms with Crippen molar-refractivity contribution in [3.8, 4) is 0 Å². The molecule has 0 bridgehead atoms. The molecule has 0 aliphatic carbocycles. The van der Waals surface area contributed by atoms with Crippen molar-refractivity contribution < 1.29 is 13.3 Å². The second kappa shape index (κ2) is 9.20. The van der Waals surface area contributed by atoms with Crippen LogP contribution in [0.1, 0.15) is 6.92 Å². The molecule has 1 saturated heterocycles. The lowest BCUT2D eigenvalue weighted by atomic mass is 10.2. The summed E-state index contributed by atoms with van der Waals surface area (Å²) in [5.41, 5.74) is 2.10. The number of aryl methyl sites for hydroxylation is 1. The average Bonchev–Trinajstić information content (AvgIpc) is 3.09. The van der Waals surface area contributed by atoms with Crippen LogP contribution >= 0.6 is 0 Å². The summed E-state index contributed by atoms with van der Waals surface area (Å²) in [6.07, 6.45) is 0. The van der Waals surface area contributed by atoms with E-state index in [0.29, 0.717) is 50.4 Å². The zero-order valence-corrected chi connectivity index (χ0v) is 20.2. The molecule has 0 unspecified atom stereocenters. The molecule has 3 aromatic rings. The summed E-state index contributed by atoms with van der Waals surface area (Å²) in [5.74, 6) is 0. The van der Waals surface area contributed by atoms with Crippen LogP contribution < -0.4 is 10.6 Å². The van der Waals surface area contributed by atoms with Crippen LogP contribution in [0.3, 0.4) is 0 Å². The Hall–Kier alpha value is -3.22. The first-order chi connectivity index (χ1) is 16.1. The van der Waals surface area contributed by atoms with E-state index in [1.165, 1.54) is 32.3 Å². The van der Waals surface area contributed by atoms with Crippen LogP contribution in [0.5, 0.6) is 0 Å². The van der Waals surface area contributed by atoms with Crippen LogP contribution in [0.15, 0.2) is 52.2 Å². The average molecular weight is 489 g/mol. The van der Waals surface area contributed by atoms with Gasteiger partial charge in [-0.25, -0.2) is 17.5 Å². The van der Waals surface area contributed by atoms with E-state index in [9.17, 15) is 23.3 Å². The molecule has 12 heteroatoms. The van der Waals surface area contributed by atoms with Crippen molar-refractivity contribution in [1.82, 2.24) is 18.3 Å². The molecule has 11 nitrogen and oxygen atoms in total. The zero-order chi connectivity index (χ0) is 24.6. The van der Waals surface area contributed by atoms with E-state index in [1.54, 1.807) is 33.4 Å². The Bertz CT molecular complexity index is 1370. The largest absolute Gasteiger partial charge is 0.369 e. The normalized spacial score (nSPS) is 15.4. The van der Waals surface area contributed by atoms with Crippen LogP contribution in [0, 0.1) is 10.1 Å². The number of nitro benzene ring substituents is 1. The molecule has 182 valence electrons. The highest BCUT2D eigenvalue weighted by Gasteiger charge is 2.23. The number of benzene rings is 2. The van der Waals surface area contributed by atoms with E-state index >= 15 is 0 Å². The van der Waals surface area contributed by atoms with Gasteiger partial charge in [0.05, 0.1) is 27.5 Å². The number of hydrogen-bond acceptors (Lipinski definition) is 7. The molecule has 2 aromatic carbocycles. The molecule has 4 rings (SSSR count). The standard InChI is InChI=1S/C22H28N6O5S/c1-4-26-20-10-9-19(34(32,33)23(2)3)15-21(20)27(22(26)29)16-24-11-13-25(14-12-24)17-5-7-18(8-6-17)28(30)31/h5-10,15H,4,11-14,16H2,1-3H3. The minimum atomic E-state index is -3.63. The van der Waals surface area contributed by atoms with E-state index in [0.717, 1.165) is 9.99 Å². The maximum absolute atomic E-state index is 13.1. The van der Waals surface area contributed by atoms with E-state index < -0.39 is 14.9 Å². The van der Waals surface area contributed by atoms with Crippen molar-refractivity contribution in [3.05, 3.63) is 63.1 Å². The third-order valence-electron chi connectivity index (χ3n) is 6.22. The third kappa shape index (κ3) is 4.31. The van der Waals surface area contributed by atoms with Gasteiger partial charge in [0, 0.05) is 64.6 Å². The van der Waals surface area contributed by atoms with Gasteiger partial charge in [0.25, 0.3) is 5.69 Å². The van der Waals surface area contributed by atoms with Gasteiger partial charge in [-0.2, -0.15) is 0 Å². The lowest BCUT2D eigenvalue weighted by molar-refractivity contribution is -0.384. The minimum Gasteiger partial charge on any atom is -0.369 e. The van der Waals surface area contributed by atoms with Gasteiger partial charge in [-0.3, -0.25) is 24.1 Å². The first kappa shape index (κ1) is 23.9. The summed E-state index contributed by atoms with van der Waals surface area (Å²) in [5, 5.41) is 10.9. The first-order valence-corrected chi connectivity index (χ1v) is 12.4. The Morgan fingerprint density at radius 3 is 2.18 bits per heavy atom. The van der Waals surface area contributed by atoms with E-state index in [2.05, 4.69) is 9.80 Å². The molecular formula is C22H28N6O5S. The Morgan fingerprint density at radius 1 is 0.971 bits per heavy atom. The number of piperazine rings is 1. The molecule has 0 amide bonds. The number of anilines is 1. The fourth-order valence-corrected chi connectivity index (χ4v) is 5.17. The van der Waals surface area contributed by atoms with Gasteiger partial charge < -0.3 is 4.90 Å². The monoisotopic (exact) mass is 488 g/mol. The van der Waals surface area contributed by atoms with Gasteiger partial charge in [0.2, 0.25) is 10.0 Å². The van der Waals surface area contributed by atoms with Gasteiger partial charge in [-0.15, -0.1) is 0 Å². The van der Waals surface area contributed by atoms with Crippen molar-refractivity contribution in [1.29, 1.82) is 0 Å². The summed E-state index contributed by atoms with van der Waals surface area (Å²) in [6, 6.07) is 11.3. The van der Waals surface area contributed by atoms with Gasteiger partial charge in [0.1, 0.15) is 0 Å². The maximum Gasteiger partial charge on any atom is 0.330 e. The summed E-state index contributed by atoms with van der Waals surface area (Å²) < 4.78 is 29.7. The van der Waals surface area contributed by atoms with Gasteiger partial charge in [-0.1, -0.05) is 0 Å². The molecule has 0 saturated carbocycles. The van der Waals surface area contributed by atoms with Crippen LogP contribution in [-0.4, -0.2) is 72.0 Å². The molecule has 1 aromatic heterocycles. The van der Waals surface area contributed by atoms with Crippen molar-refractivity contribution in [2.75, 3.05) is 45.2 Å². The highest BCUT2D eigenvalue weighted by atomic mass is 32.2. The predicted octanol–water partition coefficient (Wildman–Crippen LogP) is 1.76. The van der Waals surface area contributed by atoms with E-state index in [4.69, 9.17) is 0 Å². The molecule has 1 aliphatic heterocycles. The number of imidazole rings is 1. The van der Waals surface area contributed by atoms with E-state index in [1.807, 2.05) is 6.92 Å². The summed E-state index contributed by atoms with van der Waals surface area (Å²) >= 11 is 0. The van der Waals surface area contributed by atoms with Crippen molar-refractivity contribution in [3.63, 3.8) is 0 Å². The second-order valence-corrected chi connectivity index (χ2v) is 10.6. The minimum absolute atomic E-state index is 0.0599. The number of sulfonamides is 1. The van der Waals surface area contributed by atoms with Gasteiger partial charge in [-0.05, 0) is 37.3 Å². The molecule has 1 fully saturated rings. The molecular weight excluding hydrogens is 460 g/mol. The Balaban J connectivity index is 1.57. The summed E-state index contributed by atoms with van der Waals surface area (Å²) in [7, 11) is -0.668. The van der Waals surface area contributed by atoms with Gasteiger partial charge >= 0.3 is 5.69 Å². The molecule has 1 aliphatic rings. The number of rotatable bonds is 7. The molecule has 0 N–H and O–H groups in total. The van der Waals surface area contributed by atoms with E-state index in [-0.39, 0.29) is 16.3 Å². The highest BCUT2D eigenvalue weighted by Crippen LogP contribution is 2.23. The third-order valence-corrected chi connectivity index (χ3v) is 8.04.